The summed E-state index contributed by atoms with van der Waals surface area (Å²) in [6.07, 6.45) is 1.20. The summed E-state index contributed by atoms with van der Waals surface area (Å²) in [4.78, 5) is 12.7. The van der Waals surface area contributed by atoms with E-state index < -0.39 is 17.4 Å². The van der Waals surface area contributed by atoms with Gasteiger partial charge in [-0.2, -0.15) is 0 Å². The van der Waals surface area contributed by atoms with Crippen LogP contribution in [0.15, 0.2) is 37.1 Å². The van der Waals surface area contributed by atoms with Gasteiger partial charge in [-0.1, -0.05) is 17.1 Å². The molecule has 0 spiro atoms. The highest BCUT2D eigenvalue weighted by Crippen LogP contribution is 2.29. The van der Waals surface area contributed by atoms with Gasteiger partial charge >= 0.3 is 0 Å². The zero-order valence-corrected chi connectivity index (χ0v) is 17.6. The molecule has 0 atom stereocenters. The van der Waals surface area contributed by atoms with E-state index >= 15 is 4.39 Å². The van der Waals surface area contributed by atoms with Crippen LogP contribution < -0.4 is 0 Å². The molecule has 2 aromatic carbocycles. The molecule has 0 bridgehead atoms. The first kappa shape index (κ1) is 20.7. The van der Waals surface area contributed by atoms with Crippen molar-refractivity contribution < 1.29 is 23.0 Å². The van der Waals surface area contributed by atoms with Crippen molar-refractivity contribution in [3.05, 3.63) is 69.0 Å². The number of hydrogen-bond acceptors (Lipinski definition) is 6. The summed E-state index contributed by atoms with van der Waals surface area (Å²) in [5, 5.41) is 3.78. The van der Waals surface area contributed by atoms with Crippen molar-refractivity contribution >= 4 is 50.1 Å². The van der Waals surface area contributed by atoms with Gasteiger partial charge in [-0.05, 0) is 57.9 Å². The van der Waals surface area contributed by atoms with E-state index in [2.05, 4.69) is 16.2 Å². The van der Waals surface area contributed by atoms with E-state index in [0.29, 0.717) is 4.70 Å². The number of carbonyl (C=O) groups is 1. The summed E-state index contributed by atoms with van der Waals surface area (Å²) < 4.78 is 44.5. The highest BCUT2D eigenvalue weighted by Gasteiger charge is 2.22. The van der Waals surface area contributed by atoms with Crippen LogP contribution in [0, 0.1) is 15.2 Å². The number of aromatic nitrogens is 2. The van der Waals surface area contributed by atoms with Crippen LogP contribution in [0.4, 0.5) is 8.78 Å². The Morgan fingerprint density at radius 3 is 2.86 bits per heavy atom. The largest absolute Gasteiger partial charge is 0.499 e. The number of Topliss-reactive ketones (excluding diaryl/α,β-unsaturated/α-hetero) is 1. The molecule has 0 aliphatic rings. The van der Waals surface area contributed by atoms with Crippen molar-refractivity contribution in [2.45, 2.75) is 6.42 Å². The van der Waals surface area contributed by atoms with Crippen molar-refractivity contribution in [1.82, 2.24) is 9.59 Å². The number of ether oxygens (including phenoxy) is 2. The van der Waals surface area contributed by atoms with Crippen molar-refractivity contribution in [3.63, 3.8) is 0 Å². The molecule has 0 fully saturated rings. The minimum absolute atomic E-state index is 0.0720. The Labute approximate surface area is 177 Å². The van der Waals surface area contributed by atoms with E-state index in [1.165, 1.54) is 18.4 Å². The van der Waals surface area contributed by atoms with Gasteiger partial charge in [-0.15, -0.1) is 5.10 Å². The number of halogens is 3. The third kappa shape index (κ3) is 4.70. The number of nitrogens with zero attached hydrogens (tertiary/aromatic N) is 2. The summed E-state index contributed by atoms with van der Waals surface area (Å²) in [5.41, 5.74) is 0.578. The fourth-order valence-electron chi connectivity index (χ4n) is 2.63. The zero-order valence-electron chi connectivity index (χ0n) is 14.6. The Morgan fingerprint density at radius 1 is 1.29 bits per heavy atom. The quantitative estimate of drug-likeness (QED) is 0.181. The van der Waals surface area contributed by atoms with Gasteiger partial charge in [0.05, 0.1) is 17.6 Å². The Kier molecular flexibility index (Phi) is 7.03. The summed E-state index contributed by atoms with van der Waals surface area (Å²) >= 11 is 2.98. The summed E-state index contributed by atoms with van der Waals surface area (Å²) in [6, 6.07) is 6.21. The molecule has 1 aromatic heterocycles. The van der Waals surface area contributed by atoms with Gasteiger partial charge in [0, 0.05) is 21.1 Å². The van der Waals surface area contributed by atoms with Crippen LogP contribution in [0.5, 0.6) is 0 Å². The van der Waals surface area contributed by atoms with Crippen LogP contribution in [0.1, 0.15) is 21.5 Å². The maximum Gasteiger partial charge on any atom is 0.188 e. The molecule has 0 saturated carbocycles. The fraction of sp³-hybridized carbons (Fsp3) is 0.211. The lowest BCUT2D eigenvalue weighted by Gasteiger charge is -2.12. The second kappa shape index (κ2) is 9.48. The fourth-order valence-corrected chi connectivity index (χ4v) is 3.69. The maximum absolute atomic E-state index is 15.1. The number of rotatable bonds is 9. The highest BCUT2D eigenvalue weighted by atomic mass is 127. The predicted octanol–water partition coefficient (Wildman–Crippen LogP) is 4.52. The second-order valence-corrected chi connectivity index (χ2v) is 7.79. The van der Waals surface area contributed by atoms with Crippen LogP contribution in [-0.4, -0.2) is 35.2 Å². The normalized spacial score (nSPS) is 11.0. The Morgan fingerprint density at radius 2 is 2.11 bits per heavy atom. The lowest BCUT2D eigenvalue weighted by molar-refractivity contribution is 0.0638. The number of fused-ring (bicyclic) bond motifs is 1. The van der Waals surface area contributed by atoms with Gasteiger partial charge in [0.25, 0.3) is 0 Å². The minimum Gasteiger partial charge on any atom is -0.499 e. The van der Waals surface area contributed by atoms with E-state index in [1.54, 1.807) is 12.1 Å². The molecule has 0 aliphatic heterocycles. The molecule has 0 radical (unpaired) electrons. The van der Waals surface area contributed by atoms with E-state index in [1.807, 2.05) is 22.6 Å². The van der Waals surface area contributed by atoms with E-state index in [9.17, 15) is 9.18 Å². The molecule has 146 valence electrons. The van der Waals surface area contributed by atoms with Gasteiger partial charge in [-0.25, -0.2) is 8.78 Å². The lowest BCUT2D eigenvalue weighted by atomic mass is 9.96. The average molecular weight is 516 g/mol. The first-order chi connectivity index (χ1) is 13.5. The van der Waals surface area contributed by atoms with Crippen LogP contribution in [0.3, 0.4) is 0 Å². The van der Waals surface area contributed by atoms with Crippen LogP contribution in [0.25, 0.3) is 10.2 Å². The van der Waals surface area contributed by atoms with Crippen molar-refractivity contribution in [1.29, 1.82) is 0 Å². The molecule has 5 nitrogen and oxygen atoms in total. The molecule has 0 amide bonds. The van der Waals surface area contributed by atoms with E-state index in [-0.39, 0.29) is 48.4 Å². The number of carbonyl (C=O) groups excluding carboxylic acids is 1. The van der Waals surface area contributed by atoms with Crippen molar-refractivity contribution in [2.75, 3.05) is 19.8 Å². The third-order valence-electron chi connectivity index (χ3n) is 3.97. The highest BCUT2D eigenvalue weighted by molar-refractivity contribution is 14.1. The molecule has 0 saturated heterocycles. The van der Waals surface area contributed by atoms with Gasteiger partial charge in [0.15, 0.2) is 11.6 Å². The Hall–Kier alpha value is -1.98. The monoisotopic (exact) mass is 516 g/mol. The van der Waals surface area contributed by atoms with E-state index in [0.717, 1.165) is 15.1 Å². The molecular weight excluding hydrogens is 501 g/mol. The Balaban J connectivity index is 1.92. The molecule has 0 aliphatic carbocycles. The topological polar surface area (TPSA) is 61.3 Å². The first-order valence-corrected chi connectivity index (χ1v) is 10.1. The van der Waals surface area contributed by atoms with Crippen LogP contribution in [-0.2, 0) is 15.9 Å². The molecule has 9 heteroatoms. The first-order valence-electron chi connectivity index (χ1n) is 8.22. The minimum atomic E-state index is -0.664. The number of ketones is 1. The zero-order chi connectivity index (χ0) is 20.1. The van der Waals surface area contributed by atoms with Gasteiger partial charge in [-0.3, -0.25) is 4.79 Å². The molecular formula is C19H15F2IN2O3S. The van der Waals surface area contributed by atoms with Crippen LogP contribution in [0.2, 0.25) is 0 Å². The summed E-state index contributed by atoms with van der Waals surface area (Å²) in [6.45, 7) is 3.60. The number of hydrogen-bond donors (Lipinski definition) is 0. The second-order valence-electron chi connectivity index (χ2n) is 5.76. The molecule has 3 aromatic rings. The molecule has 0 unspecified atom stereocenters. The maximum atomic E-state index is 15.1. The summed E-state index contributed by atoms with van der Waals surface area (Å²) in [5.74, 6) is -1.53. The predicted molar refractivity (Wildman–Crippen MR) is 111 cm³/mol. The summed E-state index contributed by atoms with van der Waals surface area (Å²) in [7, 11) is 0. The number of benzene rings is 2. The average Bonchev–Trinajstić information content (AvgIpc) is 3.14. The van der Waals surface area contributed by atoms with Crippen molar-refractivity contribution in [3.8, 4) is 0 Å². The smallest absolute Gasteiger partial charge is 0.188 e. The standard InChI is InChI=1S/C19H15F2IN2O3S/c1-2-26-5-6-27-10-16(25)13-9-17-19(23-24-28-17)18(21)14(13)7-11-3-4-12(22)8-15(11)20/h2-4,8-9H,1,5-7,10H2. The third-order valence-corrected chi connectivity index (χ3v) is 5.31. The SMILES string of the molecule is C=COCCOCC(=O)c1cc2snnc2c(F)c1Cc1ccc(I)cc1F. The lowest BCUT2D eigenvalue weighted by Crippen LogP contribution is -2.15. The molecule has 3 rings (SSSR count). The van der Waals surface area contributed by atoms with Gasteiger partial charge in [0.1, 0.15) is 24.5 Å². The Bertz CT molecular complexity index is 1030. The molecule has 1 heterocycles. The van der Waals surface area contributed by atoms with E-state index in [4.69, 9.17) is 9.47 Å². The molecule has 0 N–H and O–H groups in total. The van der Waals surface area contributed by atoms with Gasteiger partial charge < -0.3 is 9.47 Å². The molecule has 28 heavy (non-hydrogen) atoms. The van der Waals surface area contributed by atoms with Crippen LogP contribution >= 0.6 is 34.1 Å². The van der Waals surface area contributed by atoms with Crippen molar-refractivity contribution in [2.24, 2.45) is 0 Å². The van der Waals surface area contributed by atoms with Gasteiger partial charge in [0.2, 0.25) is 0 Å².